The summed E-state index contributed by atoms with van der Waals surface area (Å²) in [6.07, 6.45) is 0. The van der Waals surface area contributed by atoms with Crippen molar-refractivity contribution in [3.8, 4) is 0 Å². The summed E-state index contributed by atoms with van der Waals surface area (Å²) in [6.45, 7) is 0.344. The number of ether oxygens (including phenoxy) is 1. The number of esters is 1. The molecule has 0 bridgehead atoms. The predicted octanol–water partition coefficient (Wildman–Crippen LogP) is 4.13. The molecule has 0 amide bonds. The molecule has 3 nitrogen and oxygen atoms in total. The van der Waals surface area contributed by atoms with E-state index in [1.165, 1.54) is 31.4 Å². The van der Waals surface area contributed by atoms with Crippen LogP contribution < -0.4 is 5.32 Å². The van der Waals surface area contributed by atoms with Gasteiger partial charge in [0, 0.05) is 12.2 Å². The fraction of sp³-hybridized carbons (Fsp3) is 0.133. The second-order valence-corrected chi connectivity index (χ2v) is 5.14. The second kappa shape index (κ2) is 6.67. The number of methoxy groups -OCH3 is 1. The average molecular weight is 356 g/mol. The normalized spacial score (nSPS) is 10.3. The first-order valence-electron chi connectivity index (χ1n) is 6.07. The van der Waals surface area contributed by atoms with Gasteiger partial charge in [0.15, 0.2) is 0 Å². The van der Waals surface area contributed by atoms with E-state index >= 15 is 0 Å². The molecule has 1 N–H and O–H groups in total. The highest BCUT2D eigenvalue weighted by Crippen LogP contribution is 2.19. The third-order valence-electron chi connectivity index (χ3n) is 2.85. The van der Waals surface area contributed by atoms with Crippen molar-refractivity contribution in [1.82, 2.24) is 0 Å². The molecule has 2 aromatic rings. The van der Waals surface area contributed by atoms with Gasteiger partial charge in [-0.2, -0.15) is 0 Å². The minimum atomic E-state index is -0.745. The zero-order chi connectivity index (χ0) is 15.4. The fourth-order valence-corrected chi connectivity index (χ4v) is 2.00. The number of halogens is 3. The summed E-state index contributed by atoms with van der Waals surface area (Å²) in [5.41, 5.74) is 1.12. The molecule has 0 spiro atoms. The Bertz CT molecular complexity index is 677. The Hall–Kier alpha value is -1.95. The van der Waals surface area contributed by atoms with Crippen LogP contribution >= 0.6 is 15.9 Å². The van der Waals surface area contributed by atoms with Gasteiger partial charge in [0.2, 0.25) is 0 Å². The number of hydrogen-bond acceptors (Lipinski definition) is 3. The van der Waals surface area contributed by atoms with E-state index < -0.39 is 11.8 Å². The maximum absolute atomic E-state index is 13.5. The quantitative estimate of drug-likeness (QED) is 0.838. The van der Waals surface area contributed by atoms with Crippen molar-refractivity contribution in [2.45, 2.75) is 6.54 Å². The van der Waals surface area contributed by atoms with Crippen LogP contribution in [-0.4, -0.2) is 13.1 Å². The molecule has 21 heavy (non-hydrogen) atoms. The van der Waals surface area contributed by atoms with Crippen LogP contribution in [0.1, 0.15) is 15.9 Å². The van der Waals surface area contributed by atoms with Gasteiger partial charge >= 0.3 is 5.97 Å². The molecule has 6 heteroatoms. The highest BCUT2D eigenvalue weighted by Gasteiger charge is 2.12. The van der Waals surface area contributed by atoms with E-state index in [2.05, 4.69) is 26.0 Å². The van der Waals surface area contributed by atoms with Crippen molar-refractivity contribution < 1.29 is 18.3 Å². The van der Waals surface area contributed by atoms with Gasteiger partial charge in [-0.1, -0.05) is 6.07 Å². The highest BCUT2D eigenvalue weighted by molar-refractivity contribution is 9.10. The second-order valence-electron chi connectivity index (χ2n) is 4.29. The Balaban J connectivity index is 2.13. The van der Waals surface area contributed by atoms with Gasteiger partial charge in [-0.15, -0.1) is 0 Å². The molecule has 2 rings (SSSR count). The monoisotopic (exact) mass is 355 g/mol. The van der Waals surface area contributed by atoms with Crippen molar-refractivity contribution in [3.63, 3.8) is 0 Å². The van der Waals surface area contributed by atoms with Crippen LogP contribution in [0.15, 0.2) is 40.9 Å². The van der Waals surface area contributed by atoms with E-state index in [4.69, 9.17) is 0 Å². The molecule has 0 aliphatic carbocycles. The molecule has 0 radical (unpaired) electrons. The van der Waals surface area contributed by atoms with Gasteiger partial charge in [0.05, 0.1) is 17.1 Å². The van der Waals surface area contributed by atoms with Crippen LogP contribution in [0.2, 0.25) is 0 Å². The lowest BCUT2D eigenvalue weighted by atomic mass is 10.1. The first kappa shape index (κ1) is 15.4. The predicted molar refractivity (Wildman–Crippen MR) is 79.2 cm³/mol. The summed E-state index contributed by atoms with van der Waals surface area (Å²) in [4.78, 5) is 11.4. The zero-order valence-corrected chi connectivity index (χ0v) is 12.7. The van der Waals surface area contributed by atoms with E-state index in [0.717, 1.165) is 5.56 Å². The summed E-state index contributed by atoms with van der Waals surface area (Å²) in [5.74, 6) is -1.75. The summed E-state index contributed by atoms with van der Waals surface area (Å²) in [7, 11) is 1.19. The SMILES string of the molecule is COC(=O)c1cc(NCc2ccc(Br)c(F)c2)ccc1F. The van der Waals surface area contributed by atoms with Crippen molar-refractivity contribution in [1.29, 1.82) is 0 Å². The van der Waals surface area contributed by atoms with Crippen molar-refractivity contribution in [2.75, 3.05) is 12.4 Å². The molecule has 0 aliphatic rings. The summed E-state index contributed by atoms with van der Waals surface area (Å²) in [6, 6.07) is 8.79. The molecule has 0 aliphatic heterocycles. The van der Waals surface area contributed by atoms with Crippen LogP contribution in [0, 0.1) is 11.6 Å². The van der Waals surface area contributed by atoms with Crippen LogP contribution in [0.5, 0.6) is 0 Å². The molecule has 2 aromatic carbocycles. The van der Waals surface area contributed by atoms with E-state index in [-0.39, 0.29) is 11.4 Å². The Morgan fingerprint density at radius 1 is 1.19 bits per heavy atom. The molecular weight excluding hydrogens is 344 g/mol. The molecule has 0 unspecified atom stereocenters. The van der Waals surface area contributed by atoms with Gasteiger partial charge in [0.25, 0.3) is 0 Å². The van der Waals surface area contributed by atoms with Crippen molar-refractivity contribution in [3.05, 3.63) is 63.6 Å². The molecule has 0 saturated heterocycles. The molecule has 0 atom stereocenters. The lowest BCUT2D eigenvalue weighted by Gasteiger charge is -2.09. The van der Waals surface area contributed by atoms with Gasteiger partial charge in [0.1, 0.15) is 11.6 Å². The van der Waals surface area contributed by atoms with Gasteiger partial charge < -0.3 is 10.1 Å². The standard InChI is InChI=1S/C15H12BrF2NO2/c1-21-15(20)11-7-10(3-5-13(11)17)19-8-9-2-4-12(16)14(18)6-9/h2-7,19H,8H2,1H3. The Morgan fingerprint density at radius 3 is 2.62 bits per heavy atom. The summed E-state index contributed by atoms with van der Waals surface area (Å²) >= 11 is 3.08. The Labute approximate surface area is 129 Å². The molecular formula is C15H12BrF2NO2. The zero-order valence-electron chi connectivity index (χ0n) is 11.1. The van der Waals surface area contributed by atoms with Gasteiger partial charge in [-0.25, -0.2) is 13.6 Å². The topological polar surface area (TPSA) is 38.3 Å². The average Bonchev–Trinajstić information content (AvgIpc) is 2.49. The first-order valence-corrected chi connectivity index (χ1v) is 6.86. The first-order chi connectivity index (χ1) is 10.0. The minimum absolute atomic E-state index is 0.149. The van der Waals surface area contributed by atoms with E-state index in [1.807, 2.05) is 0 Å². The minimum Gasteiger partial charge on any atom is -0.465 e. The van der Waals surface area contributed by atoms with Crippen LogP contribution in [0.3, 0.4) is 0 Å². The maximum Gasteiger partial charge on any atom is 0.340 e. The van der Waals surface area contributed by atoms with Crippen LogP contribution in [-0.2, 0) is 11.3 Å². The smallest absolute Gasteiger partial charge is 0.340 e. The molecule has 0 fully saturated rings. The lowest BCUT2D eigenvalue weighted by Crippen LogP contribution is -2.06. The third kappa shape index (κ3) is 3.78. The molecule has 0 saturated carbocycles. The van der Waals surface area contributed by atoms with Crippen molar-refractivity contribution >= 4 is 27.6 Å². The molecule has 0 heterocycles. The van der Waals surface area contributed by atoms with Crippen LogP contribution in [0.25, 0.3) is 0 Å². The Morgan fingerprint density at radius 2 is 1.95 bits per heavy atom. The third-order valence-corrected chi connectivity index (χ3v) is 3.50. The maximum atomic E-state index is 13.5. The number of rotatable bonds is 4. The number of anilines is 1. The summed E-state index contributed by atoms with van der Waals surface area (Å²) in [5, 5.41) is 3.00. The van der Waals surface area contributed by atoms with Crippen LogP contribution in [0.4, 0.5) is 14.5 Å². The van der Waals surface area contributed by atoms with Gasteiger partial charge in [-0.05, 0) is 51.8 Å². The summed E-state index contributed by atoms with van der Waals surface area (Å²) < 4.78 is 31.8. The Kier molecular flexibility index (Phi) is 4.90. The number of carbonyl (C=O) groups excluding carboxylic acids is 1. The lowest BCUT2D eigenvalue weighted by molar-refractivity contribution is 0.0595. The molecule has 0 aromatic heterocycles. The van der Waals surface area contributed by atoms with E-state index in [0.29, 0.717) is 16.7 Å². The largest absolute Gasteiger partial charge is 0.465 e. The number of nitrogens with one attached hydrogen (secondary N) is 1. The fourth-order valence-electron chi connectivity index (χ4n) is 1.76. The van der Waals surface area contributed by atoms with E-state index in [9.17, 15) is 13.6 Å². The number of benzene rings is 2. The number of hydrogen-bond donors (Lipinski definition) is 1. The number of carbonyl (C=O) groups is 1. The van der Waals surface area contributed by atoms with Crippen molar-refractivity contribution in [2.24, 2.45) is 0 Å². The van der Waals surface area contributed by atoms with E-state index in [1.54, 1.807) is 12.1 Å². The van der Waals surface area contributed by atoms with Gasteiger partial charge in [-0.3, -0.25) is 0 Å². The molecule has 110 valence electrons. The highest BCUT2D eigenvalue weighted by atomic mass is 79.9.